The van der Waals surface area contributed by atoms with Crippen LogP contribution in [0.15, 0.2) is 34.5 Å². The third-order valence-electron chi connectivity index (χ3n) is 1.53. The van der Waals surface area contributed by atoms with Crippen LogP contribution in [0.5, 0.6) is 0 Å². The first-order valence-electron chi connectivity index (χ1n) is 3.67. The van der Waals surface area contributed by atoms with Gasteiger partial charge in [0.2, 0.25) is 0 Å². The minimum absolute atomic E-state index is 0.371. The molecule has 2 aliphatic heterocycles. The highest BCUT2D eigenvalue weighted by molar-refractivity contribution is 7.46. The second-order valence-corrected chi connectivity index (χ2v) is 3.70. The lowest BCUT2D eigenvalue weighted by Crippen LogP contribution is -2.23. The zero-order chi connectivity index (χ0) is 10.2. The van der Waals surface area contributed by atoms with Crippen molar-refractivity contribution in [3.8, 4) is 0 Å². The summed E-state index contributed by atoms with van der Waals surface area (Å²) in [4.78, 5) is 17.1. The van der Waals surface area contributed by atoms with E-state index in [4.69, 9.17) is 9.79 Å². The Kier molecular flexibility index (Phi) is 2.12. The molecule has 0 fully saturated rings. The van der Waals surface area contributed by atoms with Gasteiger partial charge in [-0.2, -0.15) is 0 Å². The Bertz CT molecular complexity index is 372. The van der Waals surface area contributed by atoms with Crippen LogP contribution < -0.4 is 0 Å². The molecule has 0 aromatic rings. The number of fused-ring (bicyclic) bond motifs is 1. The van der Waals surface area contributed by atoms with Crippen LogP contribution in [0, 0.1) is 0 Å². The zero-order valence-electron chi connectivity index (χ0n) is 6.89. The predicted molar refractivity (Wildman–Crippen MR) is 43.8 cm³/mol. The Morgan fingerprint density at radius 3 is 3.00 bits per heavy atom. The van der Waals surface area contributed by atoms with E-state index in [-0.39, 0.29) is 0 Å². The molecule has 0 saturated heterocycles. The van der Waals surface area contributed by atoms with Crippen molar-refractivity contribution in [3.63, 3.8) is 0 Å². The van der Waals surface area contributed by atoms with Crippen LogP contribution >= 0.6 is 7.82 Å². The highest BCUT2D eigenvalue weighted by Crippen LogP contribution is 2.40. The maximum Gasteiger partial charge on any atom is 0.493 e. The summed E-state index contributed by atoms with van der Waals surface area (Å²) >= 11 is 0. The molecular formula is C5H7N4O4P. The van der Waals surface area contributed by atoms with Crippen LogP contribution in [-0.2, 0) is 9.19 Å². The van der Waals surface area contributed by atoms with Gasteiger partial charge in [0.15, 0.2) is 5.82 Å². The smallest absolute Gasteiger partial charge is 0.301 e. The normalized spacial score (nSPS) is 20.0. The van der Waals surface area contributed by atoms with Gasteiger partial charge in [0.1, 0.15) is 0 Å². The van der Waals surface area contributed by atoms with Gasteiger partial charge in [-0.3, -0.25) is 0 Å². The Balaban J connectivity index is 2.15. The molecule has 76 valence electrons. The monoisotopic (exact) mass is 218 g/mol. The first-order valence-corrected chi connectivity index (χ1v) is 5.21. The molecule has 0 spiro atoms. The molecule has 9 heteroatoms. The summed E-state index contributed by atoms with van der Waals surface area (Å²) in [7, 11) is -4.60. The van der Waals surface area contributed by atoms with E-state index in [0.717, 1.165) is 0 Å². The molecule has 2 heterocycles. The minimum atomic E-state index is -4.60. The summed E-state index contributed by atoms with van der Waals surface area (Å²) in [6, 6.07) is 0. The number of hydroxylamine groups is 1. The summed E-state index contributed by atoms with van der Waals surface area (Å²) < 4.78 is 14.8. The molecule has 2 N–H and O–H groups in total. The number of nitrogens with zero attached hydrogens (tertiary/aromatic N) is 4. The molecule has 0 saturated carbocycles. The van der Waals surface area contributed by atoms with Crippen LogP contribution in [-0.4, -0.2) is 26.5 Å². The largest absolute Gasteiger partial charge is 0.493 e. The van der Waals surface area contributed by atoms with E-state index in [1.165, 1.54) is 5.01 Å². The number of hydrogen-bond donors (Lipinski definition) is 2. The Hall–Kier alpha value is -1.21. The Morgan fingerprint density at radius 1 is 1.50 bits per heavy atom. The highest BCUT2D eigenvalue weighted by Gasteiger charge is 2.30. The van der Waals surface area contributed by atoms with Gasteiger partial charge < -0.3 is 9.79 Å². The molecule has 8 nitrogen and oxygen atoms in total. The number of rotatable bonds is 2. The quantitative estimate of drug-likeness (QED) is 0.647. The molecule has 0 aromatic carbocycles. The molecule has 0 atom stereocenters. The molecule has 0 unspecified atom stereocenters. The number of phosphoric acid groups is 1. The summed E-state index contributed by atoms with van der Waals surface area (Å²) in [5, 5.41) is 9.19. The fraction of sp³-hybridized carbons (Fsp3) is 0.200. The summed E-state index contributed by atoms with van der Waals surface area (Å²) in [6.45, 7) is 0.496. The van der Waals surface area contributed by atoms with E-state index in [0.29, 0.717) is 17.5 Å². The van der Waals surface area contributed by atoms with Crippen molar-refractivity contribution in [2.24, 2.45) is 10.4 Å². The van der Waals surface area contributed by atoms with Crippen molar-refractivity contribution in [3.05, 3.63) is 24.0 Å². The number of hydrogen-bond acceptors (Lipinski definition) is 6. The summed E-state index contributed by atoms with van der Waals surface area (Å²) in [6.07, 6.45) is 5.13. The van der Waals surface area contributed by atoms with Crippen molar-refractivity contribution in [1.29, 1.82) is 0 Å². The first-order chi connectivity index (χ1) is 6.56. The maximum atomic E-state index is 10.5. The van der Waals surface area contributed by atoms with Crippen LogP contribution in [0.4, 0.5) is 0 Å². The van der Waals surface area contributed by atoms with Crippen molar-refractivity contribution >= 4 is 7.82 Å². The molecule has 14 heavy (non-hydrogen) atoms. The second kappa shape index (κ2) is 3.18. The van der Waals surface area contributed by atoms with Crippen LogP contribution in [0.1, 0.15) is 0 Å². The Labute approximate surface area is 78.9 Å². The van der Waals surface area contributed by atoms with Gasteiger partial charge in [0.05, 0.1) is 6.54 Å². The topological polar surface area (TPSA) is 98.0 Å². The lowest BCUT2D eigenvalue weighted by Gasteiger charge is -2.19. The van der Waals surface area contributed by atoms with Gasteiger partial charge in [-0.25, -0.2) is 9.57 Å². The third kappa shape index (κ3) is 1.83. The van der Waals surface area contributed by atoms with Crippen molar-refractivity contribution in [2.45, 2.75) is 0 Å². The van der Waals surface area contributed by atoms with Crippen molar-refractivity contribution < 1.29 is 19.0 Å². The molecule has 0 aliphatic carbocycles. The standard InChI is InChI=1S/C5H7N4O4P/c10-14(11,12)13-9-5-3-1-2-4-8(5)6-7-9/h1-3H,4H2,(H2,10,11,12). The molecule has 2 rings (SSSR count). The second-order valence-electron chi connectivity index (χ2n) is 2.56. The van der Waals surface area contributed by atoms with E-state index in [1.54, 1.807) is 12.2 Å². The van der Waals surface area contributed by atoms with E-state index in [2.05, 4.69) is 15.1 Å². The van der Waals surface area contributed by atoms with E-state index in [9.17, 15) is 4.57 Å². The Morgan fingerprint density at radius 2 is 2.29 bits per heavy atom. The minimum Gasteiger partial charge on any atom is -0.301 e. The molecule has 0 aromatic heterocycles. The third-order valence-corrected chi connectivity index (χ3v) is 1.90. The molecule has 0 amide bonds. The summed E-state index contributed by atoms with van der Waals surface area (Å²) in [5.41, 5.74) is 0. The van der Waals surface area contributed by atoms with E-state index in [1.807, 2.05) is 6.08 Å². The van der Waals surface area contributed by atoms with Gasteiger partial charge >= 0.3 is 7.82 Å². The van der Waals surface area contributed by atoms with E-state index >= 15 is 0 Å². The lowest BCUT2D eigenvalue weighted by molar-refractivity contribution is -0.0525. The van der Waals surface area contributed by atoms with Gasteiger partial charge in [0, 0.05) is 0 Å². The van der Waals surface area contributed by atoms with Gasteiger partial charge in [-0.05, 0) is 16.5 Å². The average Bonchev–Trinajstić information content (AvgIpc) is 2.47. The van der Waals surface area contributed by atoms with Crippen LogP contribution in [0.3, 0.4) is 0 Å². The van der Waals surface area contributed by atoms with Gasteiger partial charge in [0.25, 0.3) is 0 Å². The molecular weight excluding hydrogens is 211 g/mol. The SMILES string of the molecule is O=P(O)(O)ON1N=NN2CC=CC=C21. The first kappa shape index (κ1) is 9.35. The van der Waals surface area contributed by atoms with E-state index < -0.39 is 7.82 Å². The zero-order valence-corrected chi connectivity index (χ0v) is 7.78. The molecule has 2 aliphatic rings. The highest BCUT2D eigenvalue weighted by atomic mass is 31.2. The maximum absolute atomic E-state index is 10.5. The van der Waals surface area contributed by atoms with Crippen molar-refractivity contribution in [1.82, 2.24) is 10.2 Å². The fourth-order valence-corrected chi connectivity index (χ4v) is 1.35. The fourth-order valence-electron chi connectivity index (χ4n) is 1.03. The summed E-state index contributed by atoms with van der Waals surface area (Å²) in [5.74, 6) is 0.371. The molecule has 0 bridgehead atoms. The van der Waals surface area contributed by atoms with Gasteiger partial charge in [-0.1, -0.05) is 17.3 Å². The van der Waals surface area contributed by atoms with Crippen LogP contribution in [0.25, 0.3) is 0 Å². The molecule has 0 radical (unpaired) electrons. The van der Waals surface area contributed by atoms with Crippen molar-refractivity contribution in [2.75, 3.05) is 6.54 Å². The predicted octanol–water partition coefficient (Wildman–Crippen LogP) is 0.322. The lowest BCUT2D eigenvalue weighted by atomic mass is 10.3. The number of allylic oxidation sites excluding steroid dienone is 2. The average molecular weight is 218 g/mol. The van der Waals surface area contributed by atoms with Crippen LogP contribution in [0.2, 0.25) is 0 Å². The van der Waals surface area contributed by atoms with Gasteiger partial charge in [-0.15, -0.1) is 4.62 Å².